The van der Waals surface area contributed by atoms with Gasteiger partial charge in [0.15, 0.2) is 0 Å². The molecule has 1 aromatic carbocycles. The molecule has 0 saturated heterocycles. The van der Waals surface area contributed by atoms with E-state index >= 15 is 0 Å². The topological polar surface area (TPSA) is 41.1 Å². The summed E-state index contributed by atoms with van der Waals surface area (Å²) in [5.41, 5.74) is -0.916. The molecule has 1 rings (SSSR count). The molecule has 1 atom stereocenters. The number of carbonyl (C=O) groups excluding carboxylic acids is 1. The second-order valence-electron chi connectivity index (χ2n) is 4.74. The third-order valence-corrected chi connectivity index (χ3v) is 3.21. The summed E-state index contributed by atoms with van der Waals surface area (Å²) in [4.78, 5) is 11.5. The monoisotopic (exact) mass is 322 g/mol. The number of rotatable bonds is 6. The number of amides is 1. The molecule has 0 aliphatic carbocycles. The van der Waals surface area contributed by atoms with Crippen LogP contribution in [-0.2, 0) is 11.0 Å². The van der Waals surface area contributed by atoms with E-state index < -0.39 is 11.7 Å². The molecule has 1 amide bonds. The Bertz CT molecular complexity index is 492. The second kappa shape index (κ2) is 7.54. The molecule has 0 saturated carbocycles. The molecule has 0 aliphatic rings. The van der Waals surface area contributed by atoms with E-state index in [2.05, 4.69) is 10.6 Å². The van der Waals surface area contributed by atoms with E-state index in [4.69, 9.17) is 11.6 Å². The van der Waals surface area contributed by atoms with E-state index in [0.717, 1.165) is 12.5 Å². The van der Waals surface area contributed by atoms with E-state index in [1.807, 2.05) is 13.8 Å². The van der Waals surface area contributed by atoms with Gasteiger partial charge < -0.3 is 10.6 Å². The van der Waals surface area contributed by atoms with E-state index in [9.17, 15) is 18.0 Å². The number of benzene rings is 1. The average molecular weight is 323 g/mol. The van der Waals surface area contributed by atoms with Gasteiger partial charge in [0.05, 0.1) is 5.56 Å². The lowest BCUT2D eigenvalue weighted by Crippen LogP contribution is -2.33. The Morgan fingerprint density at radius 2 is 2.05 bits per heavy atom. The summed E-state index contributed by atoms with van der Waals surface area (Å²) >= 11 is 5.59. The number of nitrogens with one attached hydrogen (secondary N) is 2. The summed E-state index contributed by atoms with van der Waals surface area (Å²) in [6.45, 7) is 3.92. The smallest absolute Gasteiger partial charge is 0.384 e. The van der Waals surface area contributed by atoms with Gasteiger partial charge in [-0.1, -0.05) is 18.5 Å². The first-order valence-corrected chi connectivity index (χ1v) is 7.01. The maximum Gasteiger partial charge on any atom is 0.418 e. The van der Waals surface area contributed by atoms with E-state index in [1.165, 1.54) is 12.1 Å². The van der Waals surface area contributed by atoms with Crippen LogP contribution in [0.15, 0.2) is 18.2 Å². The van der Waals surface area contributed by atoms with Gasteiger partial charge in [-0.25, -0.2) is 0 Å². The van der Waals surface area contributed by atoms with Crippen LogP contribution in [0.1, 0.15) is 32.3 Å². The Morgan fingerprint density at radius 1 is 1.38 bits per heavy atom. The SMILES string of the molecule is CCC(C)NC(=O)CCNc1ccc(Cl)cc1C(F)(F)F. The fourth-order valence-electron chi connectivity index (χ4n) is 1.66. The third-order valence-electron chi connectivity index (χ3n) is 2.97. The quantitative estimate of drug-likeness (QED) is 0.828. The highest BCUT2D eigenvalue weighted by molar-refractivity contribution is 6.30. The van der Waals surface area contributed by atoms with E-state index in [0.29, 0.717) is 0 Å². The predicted octanol–water partition coefficient (Wildman–Crippen LogP) is 4.08. The van der Waals surface area contributed by atoms with Gasteiger partial charge >= 0.3 is 6.18 Å². The van der Waals surface area contributed by atoms with Crippen LogP contribution in [0.2, 0.25) is 5.02 Å². The van der Waals surface area contributed by atoms with Gasteiger partial charge in [0.2, 0.25) is 5.91 Å². The molecule has 1 aromatic rings. The summed E-state index contributed by atoms with van der Waals surface area (Å²) in [6, 6.07) is 3.55. The minimum absolute atomic E-state index is 0.0161. The van der Waals surface area contributed by atoms with Crippen LogP contribution in [0.25, 0.3) is 0 Å². The largest absolute Gasteiger partial charge is 0.418 e. The molecule has 0 aromatic heterocycles. The molecule has 7 heteroatoms. The van der Waals surface area contributed by atoms with Crippen LogP contribution in [0, 0.1) is 0 Å². The summed E-state index contributed by atoms with van der Waals surface area (Å²) in [7, 11) is 0. The van der Waals surface area contributed by atoms with Crippen LogP contribution >= 0.6 is 11.6 Å². The van der Waals surface area contributed by atoms with Crippen molar-refractivity contribution in [3.05, 3.63) is 28.8 Å². The maximum absolute atomic E-state index is 12.9. The minimum Gasteiger partial charge on any atom is -0.384 e. The van der Waals surface area contributed by atoms with Gasteiger partial charge in [-0.2, -0.15) is 13.2 Å². The molecule has 0 fully saturated rings. The Hall–Kier alpha value is -1.43. The summed E-state index contributed by atoms with van der Waals surface area (Å²) in [5, 5.41) is 5.39. The van der Waals surface area contributed by atoms with E-state index in [1.54, 1.807) is 0 Å². The molecule has 0 radical (unpaired) electrons. The van der Waals surface area contributed by atoms with Crippen LogP contribution < -0.4 is 10.6 Å². The van der Waals surface area contributed by atoms with Crippen molar-refractivity contribution in [2.75, 3.05) is 11.9 Å². The number of anilines is 1. The Balaban J connectivity index is 2.62. The summed E-state index contributed by atoms with van der Waals surface area (Å²) in [6.07, 6.45) is -3.59. The van der Waals surface area contributed by atoms with Crippen LogP contribution in [0.5, 0.6) is 0 Å². The molecule has 0 aliphatic heterocycles. The summed E-state index contributed by atoms with van der Waals surface area (Å²) in [5.74, 6) is -0.195. The van der Waals surface area contributed by atoms with E-state index in [-0.39, 0.29) is 35.6 Å². The molecule has 0 bridgehead atoms. The molecule has 3 nitrogen and oxygen atoms in total. The highest BCUT2D eigenvalue weighted by atomic mass is 35.5. The number of hydrogen-bond acceptors (Lipinski definition) is 2. The lowest BCUT2D eigenvalue weighted by Gasteiger charge is -2.15. The molecule has 21 heavy (non-hydrogen) atoms. The predicted molar refractivity (Wildman–Crippen MR) is 77.5 cm³/mol. The molecule has 0 spiro atoms. The Morgan fingerprint density at radius 3 is 2.62 bits per heavy atom. The van der Waals surface area contributed by atoms with Crippen molar-refractivity contribution in [3.63, 3.8) is 0 Å². The molecule has 2 N–H and O–H groups in total. The maximum atomic E-state index is 12.9. The lowest BCUT2D eigenvalue weighted by atomic mass is 10.1. The zero-order chi connectivity index (χ0) is 16.0. The molecular weight excluding hydrogens is 305 g/mol. The zero-order valence-corrected chi connectivity index (χ0v) is 12.6. The van der Waals surface area contributed by atoms with Crippen molar-refractivity contribution in [1.82, 2.24) is 5.32 Å². The molecule has 118 valence electrons. The lowest BCUT2D eigenvalue weighted by molar-refractivity contribution is -0.137. The summed E-state index contributed by atoms with van der Waals surface area (Å²) < 4.78 is 38.6. The zero-order valence-electron chi connectivity index (χ0n) is 11.9. The van der Waals surface area contributed by atoms with Gasteiger partial charge in [0.25, 0.3) is 0 Å². The van der Waals surface area contributed by atoms with Crippen molar-refractivity contribution in [2.45, 2.75) is 38.9 Å². The van der Waals surface area contributed by atoms with Crippen molar-refractivity contribution in [3.8, 4) is 0 Å². The average Bonchev–Trinajstić information content (AvgIpc) is 2.39. The van der Waals surface area contributed by atoms with Gasteiger partial charge in [-0.3, -0.25) is 4.79 Å². The van der Waals surface area contributed by atoms with Crippen LogP contribution in [0.4, 0.5) is 18.9 Å². The first-order chi connectivity index (χ1) is 9.74. The standard InChI is InChI=1S/C14H18ClF3N2O/c1-3-9(2)20-13(21)6-7-19-12-5-4-10(15)8-11(12)14(16,17)18/h4-5,8-9,19H,3,6-7H2,1-2H3,(H,20,21). The van der Waals surface area contributed by atoms with Crippen LogP contribution in [0.3, 0.4) is 0 Å². The Labute approximate surface area is 126 Å². The van der Waals surface area contributed by atoms with Crippen molar-refractivity contribution in [1.29, 1.82) is 0 Å². The van der Waals surface area contributed by atoms with Crippen molar-refractivity contribution in [2.24, 2.45) is 0 Å². The molecular formula is C14H18ClF3N2O. The fraction of sp³-hybridized carbons (Fsp3) is 0.500. The van der Waals surface area contributed by atoms with Crippen molar-refractivity contribution >= 4 is 23.2 Å². The molecule has 0 heterocycles. The van der Waals surface area contributed by atoms with Gasteiger partial charge in [0, 0.05) is 29.7 Å². The van der Waals surface area contributed by atoms with Gasteiger partial charge in [-0.05, 0) is 31.5 Å². The highest BCUT2D eigenvalue weighted by Gasteiger charge is 2.33. The Kier molecular flexibility index (Phi) is 6.33. The highest BCUT2D eigenvalue weighted by Crippen LogP contribution is 2.36. The van der Waals surface area contributed by atoms with Crippen molar-refractivity contribution < 1.29 is 18.0 Å². The van der Waals surface area contributed by atoms with Crippen LogP contribution in [-0.4, -0.2) is 18.5 Å². The number of hydrogen-bond donors (Lipinski definition) is 2. The normalized spacial score (nSPS) is 12.9. The first-order valence-electron chi connectivity index (χ1n) is 6.64. The number of carbonyl (C=O) groups is 1. The minimum atomic E-state index is -4.49. The second-order valence-corrected chi connectivity index (χ2v) is 5.18. The van der Waals surface area contributed by atoms with Gasteiger partial charge in [0.1, 0.15) is 0 Å². The number of alkyl halides is 3. The first kappa shape index (κ1) is 17.6. The van der Waals surface area contributed by atoms with Gasteiger partial charge in [-0.15, -0.1) is 0 Å². The fourth-order valence-corrected chi connectivity index (χ4v) is 1.84. The molecule has 1 unspecified atom stereocenters. The third kappa shape index (κ3) is 5.83. The number of halogens is 4.